The van der Waals surface area contributed by atoms with Crippen LogP contribution in [0.4, 0.5) is 0 Å². The van der Waals surface area contributed by atoms with Crippen molar-refractivity contribution in [3.63, 3.8) is 0 Å². The molecule has 2 heterocycles. The zero-order chi connectivity index (χ0) is 15.2. The fourth-order valence-corrected chi connectivity index (χ4v) is 3.31. The molecule has 2 N–H and O–H groups in total. The topological polar surface area (TPSA) is 68.8 Å². The first-order valence-corrected chi connectivity index (χ1v) is 6.93. The molecule has 0 aromatic heterocycles. The first-order chi connectivity index (χ1) is 10.00. The molecule has 0 amide bonds. The van der Waals surface area contributed by atoms with E-state index in [0.717, 1.165) is 5.56 Å². The van der Waals surface area contributed by atoms with E-state index in [9.17, 15) is 4.79 Å². The van der Waals surface area contributed by atoms with E-state index in [-0.39, 0.29) is 12.0 Å². The molecule has 2 aliphatic heterocycles. The molecule has 6 nitrogen and oxygen atoms in total. The third kappa shape index (κ3) is 1.99. The number of methoxy groups -OCH3 is 2. The number of rotatable bonds is 2. The zero-order valence-corrected chi connectivity index (χ0v) is 12.7. The van der Waals surface area contributed by atoms with Crippen molar-refractivity contribution in [2.45, 2.75) is 18.7 Å². The Bertz CT molecular complexity index is 621. The molecule has 0 radical (unpaired) electrons. The second-order valence-electron chi connectivity index (χ2n) is 5.16. The van der Waals surface area contributed by atoms with Crippen LogP contribution in [0.1, 0.15) is 18.5 Å². The van der Waals surface area contributed by atoms with Crippen molar-refractivity contribution < 1.29 is 19.0 Å². The lowest BCUT2D eigenvalue weighted by atomic mass is 9.80. The van der Waals surface area contributed by atoms with E-state index in [2.05, 4.69) is 10.6 Å². The summed E-state index contributed by atoms with van der Waals surface area (Å²) >= 11 is 5.21. The van der Waals surface area contributed by atoms with Crippen LogP contribution in [0.5, 0.6) is 11.5 Å². The van der Waals surface area contributed by atoms with Gasteiger partial charge in [0.25, 0.3) is 0 Å². The van der Waals surface area contributed by atoms with Crippen molar-refractivity contribution in [1.29, 1.82) is 0 Å². The minimum absolute atomic E-state index is 0.324. The predicted octanol–water partition coefficient (Wildman–Crippen LogP) is 1.11. The van der Waals surface area contributed by atoms with Gasteiger partial charge in [-0.3, -0.25) is 4.79 Å². The summed E-state index contributed by atoms with van der Waals surface area (Å²) in [6.45, 7) is 1.78. The van der Waals surface area contributed by atoms with Crippen LogP contribution < -0.4 is 20.1 Å². The fourth-order valence-electron chi connectivity index (χ4n) is 2.98. The summed E-state index contributed by atoms with van der Waals surface area (Å²) in [5, 5.41) is 6.59. The maximum Gasteiger partial charge on any atom is 0.317 e. The number of benzene rings is 1. The van der Waals surface area contributed by atoms with Crippen LogP contribution in [-0.4, -0.2) is 31.0 Å². The van der Waals surface area contributed by atoms with Gasteiger partial charge in [0, 0.05) is 5.56 Å². The largest absolute Gasteiger partial charge is 0.493 e. The van der Waals surface area contributed by atoms with Crippen molar-refractivity contribution >= 4 is 23.3 Å². The van der Waals surface area contributed by atoms with Crippen LogP contribution >= 0.6 is 12.2 Å². The number of carbonyl (C=O) groups excluding carboxylic acids is 1. The second kappa shape index (κ2) is 4.77. The van der Waals surface area contributed by atoms with Gasteiger partial charge in [-0.15, -0.1) is 0 Å². The SMILES string of the molecule is COC(=O)[C@H]1[C@H]2NC(=S)N[C@@]1(C)Oc1c(OC)cccc12. The summed E-state index contributed by atoms with van der Waals surface area (Å²) in [6, 6.07) is 5.23. The van der Waals surface area contributed by atoms with E-state index in [1.807, 2.05) is 18.2 Å². The number of nitrogens with one attached hydrogen (secondary N) is 2. The number of para-hydroxylation sites is 1. The molecule has 2 aliphatic rings. The highest BCUT2D eigenvalue weighted by Gasteiger charge is 2.56. The maximum atomic E-state index is 12.2. The molecule has 3 atom stereocenters. The Morgan fingerprint density at radius 2 is 2.19 bits per heavy atom. The molecule has 1 fully saturated rings. The molecular formula is C14H16N2O4S. The molecule has 3 rings (SSSR count). The lowest BCUT2D eigenvalue weighted by molar-refractivity contribution is -0.159. The van der Waals surface area contributed by atoms with E-state index < -0.39 is 11.6 Å². The molecule has 0 aliphatic carbocycles. The first kappa shape index (κ1) is 13.9. The molecule has 0 unspecified atom stereocenters. The monoisotopic (exact) mass is 308 g/mol. The molecule has 1 saturated heterocycles. The number of carbonyl (C=O) groups is 1. The van der Waals surface area contributed by atoms with E-state index in [0.29, 0.717) is 16.6 Å². The number of hydrogen-bond donors (Lipinski definition) is 2. The quantitative estimate of drug-likeness (QED) is 0.626. The summed E-state index contributed by atoms with van der Waals surface area (Å²) in [4.78, 5) is 12.2. The Morgan fingerprint density at radius 3 is 2.86 bits per heavy atom. The number of hydrogen-bond acceptors (Lipinski definition) is 5. The smallest absolute Gasteiger partial charge is 0.317 e. The molecular weight excluding hydrogens is 292 g/mol. The van der Waals surface area contributed by atoms with Crippen LogP contribution in [0.2, 0.25) is 0 Å². The molecule has 7 heteroatoms. The third-order valence-corrected chi connectivity index (χ3v) is 4.13. The average Bonchev–Trinajstić information content (AvgIpc) is 2.44. The van der Waals surface area contributed by atoms with Gasteiger partial charge in [-0.2, -0.15) is 0 Å². The van der Waals surface area contributed by atoms with Crippen LogP contribution in [0, 0.1) is 5.92 Å². The molecule has 112 valence electrons. The highest BCUT2D eigenvalue weighted by atomic mass is 32.1. The normalized spacial score (nSPS) is 29.4. The van der Waals surface area contributed by atoms with Crippen LogP contribution in [0.15, 0.2) is 18.2 Å². The predicted molar refractivity (Wildman–Crippen MR) is 79.1 cm³/mol. The van der Waals surface area contributed by atoms with Gasteiger partial charge in [0.05, 0.1) is 20.3 Å². The van der Waals surface area contributed by atoms with Gasteiger partial charge in [-0.05, 0) is 25.2 Å². The number of fused-ring (bicyclic) bond motifs is 4. The Balaban J connectivity index is 2.17. The zero-order valence-electron chi connectivity index (χ0n) is 11.9. The standard InChI is InChI=1S/C14H16N2O4S/c1-14-9(12(17)19-3)10(15-13(21)16-14)7-5-4-6-8(18-2)11(7)20-14/h4-6,9-10H,1-3H3,(H2,15,16,21)/t9-,10+,14+/m1/s1. The summed E-state index contributed by atoms with van der Waals surface area (Å²) in [5.74, 6) is 0.297. The van der Waals surface area contributed by atoms with Gasteiger partial charge in [-0.25, -0.2) is 0 Å². The van der Waals surface area contributed by atoms with Crippen molar-refractivity contribution in [2.75, 3.05) is 14.2 Å². The average molecular weight is 308 g/mol. The maximum absolute atomic E-state index is 12.2. The summed E-state index contributed by atoms with van der Waals surface area (Å²) < 4.78 is 16.3. The first-order valence-electron chi connectivity index (χ1n) is 6.52. The van der Waals surface area contributed by atoms with E-state index in [1.165, 1.54) is 7.11 Å². The Hall–Kier alpha value is -2.02. The molecule has 1 aromatic rings. The summed E-state index contributed by atoms with van der Waals surface area (Å²) in [6.07, 6.45) is 0. The van der Waals surface area contributed by atoms with Crippen molar-refractivity contribution in [1.82, 2.24) is 10.6 Å². The Labute approximate surface area is 127 Å². The van der Waals surface area contributed by atoms with Crippen LogP contribution in [0.25, 0.3) is 0 Å². The Morgan fingerprint density at radius 1 is 1.43 bits per heavy atom. The molecule has 0 saturated carbocycles. The van der Waals surface area contributed by atoms with E-state index >= 15 is 0 Å². The lowest BCUT2D eigenvalue weighted by Crippen LogP contribution is -2.70. The second-order valence-corrected chi connectivity index (χ2v) is 5.57. The number of thiocarbonyl (C=S) groups is 1. The summed E-state index contributed by atoms with van der Waals surface area (Å²) in [7, 11) is 2.94. The summed E-state index contributed by atoms with van der Waals surface area (Å²) in [5.41, 5.74) is -0.159. The van der Waals surface area contributed by atoms with Gasteiger partial charge < -0.3 is 24.8 Å². The third-order valence-electron chi connectivity index (χ3n) is 3.91. The van der Waals surface area contributed by atoms with Gasteiger partial charge >= 0.3 is 5.97 Å². The molecule has 2 bridgehead atoms. The molecule has 21 heavy (non-hydrogen) atoms. The van der Waals surface area contributed by atoms with Crippen molar-refractivity contribution in [3.8, 4) is 11.5 Å². The van der Waals surface area contributed by atoms with E-state index in [1.54, 1.807) is 14.0 Å². The van der Waals surface area contributed by atoms with Crippen LogP contribution in [-0.2, 0) is 9.53 Å². The highest BCUT2D eigenvalue weighted by molar-refractivity contribution is 7.80. The van der Waals surface area contributed by atoms with Gasteiger partial charge in [-0.1, -0.05) is 12.1 Å². The fraction of sp³-hybridized carbons (Fsp3) is 0.429. The van der Waals surface area contributed by atoms with Gasteiger partial charge in [0.15, 0.2) is 22.3 Å². The lowest BCUT2D eigenvalue weighted by Gasteiger charge is -2.50. The number of esters is 1. The van der Waals surface area contributed by atoms with Crippen LogP contribution in [0.3, 0.4) is 0 Å². The van der Waals surface area contributed by atoms with Crippen molar-refractivity contribution in [3.05, 3.63) is 23.8 Å². The Kier molecular flexibility index (Phi) is 3.16. The van der Waals surface area contributed by atoms with Gasteiger partial charge in [0.2, 0.25) is 0 Å². The van der Waals surface area contributed by atoms with E-state index in [4.69, 9.17) is 26.4 Å². The van der Waals surface area contributed by atoms with Gasteiger partial charge in [0.1, 0.15) is 5.92 Å². The highest BCUT2D eigenvalue weighted by Crippen LogP contribution is 2.48. The molecule has 0 spiro atoms. The molecule has 1 aromatic carbocycles. The minimum Gasteiger partial charge on any atom is -0.493 e. The minimum atomic E-state index is -0.984. The van der Waals surface area contributed by atoms with Crippen molar-refractivity contribution in [2.24, 2.45) is 5.92 Å². The number of ether oxygens (including phenoxy) is 3.